The Morgan fingerprint density at radius 3 is 2.65 bits per heavy atom. The fourth-order valence-electron chi connectivity index (χ4n) is 2.74. The first kappa shape index (κ1) is 15.4. The molecule has 1 aliphatic heterocycles. The average molecular weight is 285 g/mol. The third-order valence-electron chi connectivity index (χ3n) is 3.90. The lowest BCUT2D eigenvalue weighted by molar-refractivity contribution is -0.120. The van der Waals surface area contributed by atoms with Crippen LogP contribution in [0, 0.1) is 11.6 Å². The van der Waals surface area contributed by atoms with Crippen molar-refractivity contribution >= 4 is 0 Å². The van der Waals surface area contributed by atoms with Gasteiger partial charge in [-0.15, -0.1) is 0 Å². The van der Waals surface area contributed by atoms with Crippen molar-refractivity contribution in [3.8, 4) is 0 Å². The van der Waals surface area contributed by atoms with Gasteiger partial charge in [0.15, 0.2) is 0 Å². The standard InChI is InChI=1S/C15H21F2NO2/c1-2-20-15(5-7-19-8-6-15)14(18)9-11-3-4-12(16)10-13(11)17/h3-4,10,14H,2,5-9,18H2,1H3. The molecule has 1 aromatic carbocycles. The lowest BCUT2D eigenvalue weighted by Gasteiger charge is -2.41. The van der Waals surface area contributed by atoms with Crippen LogP contribution in [0.1, 0.15) is 25.3 Å². The Morgan fingerprint density at radius 2 is 2.05 bits per heavy atom. The number of nitrogens with two attached hydrogens (primary N) is 1. The minimum absolute atomic E-state index is 0.326. The summed E-state index contributed by atoms with van der Waals surface area (Å²) in [6, 6.07) is 3.25. The monoisotopic (exact) mass is 285 g/mol. The molecule has 3 nitrogen and oxygen atoms in total. The Bertz CT molecular complexity index is 442. The fourth-order valence-corrected chi connectivity index (χ4v) is 2.74. The molecule has 1 aromatic rings. The SMILES string of the molecule is CCOC1(C(N)Cc2ccc(F)cc2F)CCOCC1. The van der Waals surface area contributed by atoms with Gasteiger partial charge in [-0.05, 0) is 25.0 Å². The zero-order chi connectivity index (χ0) is 14.6. The smallest absolute Gasteiger partial charge is 0.129 e. The molecule has 1 fully saturated rings. The summed E-state index contributed by atoms with van der Waals surface area (Å²) in [5, 5.41) is 0. The zero-order valence-corrected chi connectivity index (χ0v) is 11.7. The van der Waals surface area contributed by atoms with Crippen LogP contribution in [0.4, 0.5) is 8.78 Å². The Labute approximate surface area is 118 Å². The highest BCUT2D eigenvalue weighted by molar-refractivity contribution is 5.20. The van der Waals surface area contributed by atoms with Gasteiger partial charge in [-0.3, -0.25) is 0 Å². The van der Waals surface area contributed by atoms with E-state index in [1.807, 2.05) is 6.92 Å². The maximum atomic E-state index is 13.7. The van der Waals surface area contributed by atoms with Gasteiger partial charge in [0, 0.05) is 44.8 Å². The quantitative estimate of drug-likeness (QED) is 0.903. The van der Waals surface area contributed by atoms with Crippen molar-refractivity contribution in [1.29, 1.82) is 0 Å². The van der Waals surface area contributed by atoms with E-state index >= 15 is 0 Å². The lowest BCUT2D eigenvalue weighted by Crippen LogP contribution is -2.54. The molecule has 0 saturated carbocycles. The van der Waals surface area contributed by atoms with Gasteiger partial charge in [0.25, 0.3) is 0 Å². The molecule has 0 aromatic heterocycles. The van der Waals surface area contributed by atoms with Crippen LogP contribution in [0.3, 0.4) is 0 Å². The Morgan fingerprint density at radius 1 is 1.35 bits per heavy atom. The molecule has 1 saturated heterocycles. The van der Waals surface area contributed by atoms with E-state index in [0.717, 1.165) is 6.07 Å². The second-order valence-corrected chi connectivity index (χ2v) is 5.16. The number of hydrogen-bond acceptors (Lipinski definition) is 3. The van der Waals surface area contributed by atoms with E-state index in [1.54, 1.807) is 0 Å². The highest BCUT2D eigenvalue weighted by atomic mass is 19.1. The Kier molecular flexibility index (Phi) is 5.07. The summed E-state index contributed by atoms with van der Waals surface area (Å²) in [6.45, 7) is 3.67. The first-order chi connectivity index (χ1) is 9.57. The molecular weight excluding hydrogens is 264 g/mol. The molecule has 0 spiro atoms. The fraction of sp³-hybridized carbons (Fsp3) is 0.600. The van der Waals surface area contributed by atoms with E-state index in [0.29, 0.717) is 44.6 Å². The molecule has 1 atom stereocenters. The molecule has 112 valence electrons. The van der Waals surface area contributed by atoms with Crippen LogP contribution in [0.2, 0.25) is 0 Å². The zero-order valence-electron chi connectivity index (χ0n) is 11.7. The molecule has 20 heavy (non-hydrogen) atoms. The van der Waals surface area contributed by atoms with Crippen molar-refractivity contribution in [2.24, 2.45) is 5.73 Å². The van der Waals surface area contributed by atoms with Gasteiger partial charge in [-0.1, -0.05) is 6.07 Å². The van der Waals surface area contributed by atoms with Crippen molar-refractivity contribution in [2.75, 3.05) is 19.8 Å². The third kappa shape index (κ3) is 3.34. The number of hydrogen-bond donors (Lipinski definition) is 1. The molecule has 0 amide bonds. The van der Waals surface area contributed by atoms with Crippen LogP contribution in [0.5, 0.6) is 0 Å². The first-order valence-corrected chi connectivity index (χ1v) is 6.98. The van der Waals surface area contributed by atoms with Crippen molar-refractivity contribution in [1.82, 2.24) is 0 Å². The summed E-state index contributed by atoms with van der Waals surface area (Å²) in [4.78, 5) is 0. The van der Waals surface area contributed by atoms with Crippen LogP contribution < -0.4 is 5.73 Å². The van der Waals surface area contributed by atoms with Gasteiger partial charge in [0.05, 0.1) is 5.60 Å². The second-order valence-electron chi connectivity index (χ2n) is 5.16. The maximum absolute atomic E-state index is 13.7. The van der Waals surface area contributed by atoms with Crippen molar-refractivity contribution in [3.05, 3.63) is 35.4 Å². The summed E-state index contributed by atoms with van der Waals surface area (Å²) in [5.74, 6) is -1.13. The molecular formula is C15H21F2NO2. The van der Waals surface area contributed by atoms with Crippen molar-refractivity contribution in [3.63, 3.8) is 0 Å². The topological polar surface area (TPSA) is 44.5 Å². The molecule has 5 heteroatoms. The Balaban J connectivity index is 2.13. The second kappa shape index (κ2) is 6.61. The number of halogens is 2. The summed E-state index contributed by atoms with van der Waals surface area (Å²) < 4.78 is 37.9. The number of benzene rings is 1. The molecule has 1 unspecified atom stereocenters. The van der Waals surface area contributed by atoms with E-state index in [9.17, 15) is 8.78 Å². The molecule has 1 heterocycles. The third-order valence-corrected chi connectivity index (χ3v) is 3.90. The summed E-state index contributed by atoms with van der Waals surface area (Å²) in [6.07, 6.45) is 1.72. The predicted octanol–water partition coefficient (Wildman–Crippen LogP) is 2.42. The first-order valence-electron chi connectivity index (χ1n) is 6.98. The normalized spacial score (nSPS) is 19.8. The summed E-state index contributed by atoms with van der Waals surface area (Å²) >= 11 is 0. The molecule has 2 rings (SSSR count). The predicted molar refractivity (Wildman–Crippen MR) is 72.4 cm³/mol. The van der Waals surface area contributed by atoms with E-state index in [-0.39, 0.29) is 6.04 Å². The van der Waals surface area contributed by atoms with Crippen LogP contribution in [-0.4, -0.2) is 31.5 Å². The van der Waals surface area contributed by atoms with Gasteiger partial charge in [-0.25, -0.2) is 8.78 Å². The van der Waals surface area contributed by atoms with E-state index in [4.69, 9.17) is 15.2 Å². The molecule has 0 radical (unpaired) electrons. The lowest BCUT2D eigenvalue weighted by atomic mass is 9.83. The van der Waals surface area contributed by atoms with Crippen LogP contribution in [0.15, 0.2) is 18.2 Å². The van der Waals surface area contributed by atoms with Gasteiger partial charge in [0.2, 0.25) is 0 Å². The minimum atomic E-state index is -0.578. The molecule has 2 N–H and O–H groups in total. The minimum Gasteiger partial charge on any atom is -0.381 e. The van der Waals surface area contributed by atoms with Gasteiger partial charge in [0.1, 0.15) is 11.6 Å². The average Bonchev–Trinajstić information content (AvgIpc) is 2.43. The molecule has 0 bridgehead atoms. The van der Waals surface area contributed by atoms with Crippen molar-refractivity contribution < 1.29 is 18.3 Å². The van der Waals surface area contributed by atoms with E-state index in [1.165, 1.54) is 12.1 Å². The molecule has 1 aliphatic rings. The number of ether oxygens (including phenoxy) is 2. The number of rotatable bonds is 5. The highest BCUT2D eigenvalue weighted by Gasteiger charge is 2.39. The largest absolute Gasteiger partial charge is 0.381 e. The van der Waals surface area contributed by atoms with E-state index < -0.39 is 17.2 Å². The summed E-state index contributed by atoms with van der Waals surface area (Å²) in [5.41, 5.74) is 6.21. The molecule has 0 aliphatic carbocycles. The maximum Gasteiger partial charge on any atom is 0.129 e. The van der Waals surface area contributed by atoms with E-state index in [2.05, 4.69) is 0 Å². The Hall–Kier alpha value is -1.04. The summed E-state index contributed by atoms with van der Waals surface area (Å²) in [7, 11) is 0. The highest BCUT2D eigenvalue weighted by Crippen LogP contribution is 2.30. The van der Waals surface area contributed by atoms with Crippen molar-refractivity contribution in [2.45, 2.75) is 37.8 Å². The van der Waals surface area contributed by atoms with Crippen LogP contribution >= 0.6 is 0 Å². The van der Waals surface area contributed by atoms with Gasteiger partial charge >= 0.3 is 0 Å². The van der Waals surface area contributed by atoms with Crippen LogP contribution in [-0.2, 0) is 15.9 Å². The van der Waals surface area contributed by atoms with Crippen LogP contribution in [0.25, 0.3) is 0 Å². The van der Waals surface area contributed by atoms with Gasteiger partial charge in [-0.2, -0.15) is 0 Å². The van der Waals surface area contributed by atoms with Gasteiger partial charge < -0.3 is 15.2 Å².